The van der Waals surface area contributed by atoms with Crippen molar-refractivity contribution in [3.05, 3.63) is 101 Å². The van der Waals surface area contributed by atoms with Gasteiger partial charge < -0.3 is 15.0 Å². The Morgan fingerprint density at radius 3 is 2.31 bits per heavy atom. The minimum Gasteiger partial charge on any atom is -0.494 e. The molecule has 5 nitrogen and oxygen atoms in total. The second kappa shape index (κ2) is 13.5. The Morgan fingerprint density at radius 2 is 1.66 bits per heavy atom. The van der Waals surface area contributed by atoms with Crippen molar-refractivity contribution in [2.45, 2.75) is 38.8 Å². The zero-order valence-electron chi connectivity index (χ0n) is 19.8. The molecule has 0 unspecified atom stereocenters. The normalized spacial score (nSPS) is 11.5. The molecular weight excluding hydrogens is 467 g/mol. The van der Waals surface area contributed by atoms with Crippen LogP contribution < -0.4 is 10.1 Å². The number of amides is 2. The third-order valence-electron chi connectivity index (χ3n) is 5.51. The summed E-state index contributed by atoms with van der Waals surface area (Å²) in [4.78, 5) is 28.1. The van der Waals surface area contributed by atoms with Gasteiger partial charge in [0, 0.05) is 31.0 Å². The van der Waals surface area contributed by atoms with E-state index in [9.17, 15) is 14.0 Å². The average molecular weight is 497 g/mol. The van der Waals surface area contributed by atoms with E-state index in [1.165, 1.54) is 12.1 Å². The number of benzene rings is 3. The number of rotatable bonds is 12. The molecule has 184 valence electrons. The highest BCUT2D eigenvalue weighted by atomic mass is 35.5. The van der Waals surface area contributed by atoms with Crippen molar-refractivity contribution in [2.75, 3.05) is 13.2 Å². The lowest BCUT2D eigenvalue weighted by Gasteiger charge is -2.31. The van der Waals surface area contributed by atoms with Crippen molar-refractivity contribution in [1.82, 2.24) is 10.2 Å². The zero-order valence-corrected chi connectivity index (χ0v) is 20.5. The molecule has 0 heterocycles. The number of hydrogen-bond acceptors (Lipinski definition) is 3. The van der Waals surface area contributed by atoms with Gasteiger partial charge in [-0.05, 0) is 60.9 Å². The van der Waals surface area contributed by atoms with Gasteiger partial charge in [-0.2, -0.15) is 0 Å². The molecule has 0 bridgehead atoms. The van der Waals surface area contributed by atoms with E-state index in [1.54, 1.807) is 41.3 Å². The maximum atomic E-state index is 13.5. The fourth-order valence-electron chi connectivity index (χ4n) is 3.72. The highest BCUT2D eigenvalue weighted by Gasteiger charge is 2.29. The molecule has 0 saturated carbocycles. The Bertz CT molecular complexity index is 1080. The smallest absolute Gasteiger partial charge is 0.243 e. The molecule has 0 saturated heterocycles. The zero-order chi connectivity index (χ0) is 25.0. The third-order valence-corrected chi connectivity index (χ3v) is 5.76. The number of halogens is 2. The van der Waals surface area contributed by atoms with Gasteiger partial charge in [-0.15, -0.1) is 0 Å². The molecule has 0 fully saturated rings. The predicted octanol–water partition coefficient (Wildman–Crippen LogP) is 5.41. The van der Waals surface area contributed by atoms with E-state index >= 15 is 0 Å². The van der Waals surface area contributed by atoms with Crippen LogP contribution >= 0.6 is 11.6 Å². The van der Waals surface area contributed by atoms with E-state index in [-0.39, 0.29) is 30.6 Å². The van der Waals surface area contributed by atoms with Gasteiger partial charge in [-0.3, -0.25) is 9.59 Å². The number of nitrogens with zero attached hydrogens (tertiary/aromatic N) is 1. The van der Waals surface area contributed by atoms with Crippen LogP contribution in [0.2, 0.25) is 5.02 Å². The summed E-state index contributed by atoms with van der Waals surface area (Å²) in [5, 5.41) is 3.48. The standard InChI is InChI=1S/C28H30ClFN2O3/c1-2-31-28(34)26(19-21-7-4-3-5-8-21)32(20-22-10-14-24(30)15-11-22)27(33)9-6-18-35-25-16-12-23(29)13-17-25/h3-5,7-8,10-17,26H,2,6,9,18-20H2,1H3,(H,31,34)/t26-/m1/s1. The van der Waals surface area contributed by atoms with Crippen molar-refractivity contribution in [3.8, 4) is 5.75 Å². The molecule has 3 aromatic carbocycles. The van der Waals surface area contributed by atoms with Gasteiger partial charge in [0.15, 0.2) is 0 Å². The van der Waals surface area contributed by atoms with E-state index in [0.717, 1.165) is 11.1 Å². The van der Waals surface area contributed by atoms with E-state index in [2.05, 4.69) is 5.32 Å². The third kappa shape index (κ3) is 8.41. The lowest BCUT2D eigenvalue weighted by Crippen LogP contribution is -2.50. The first-order valence-corrected chi connectivity index (χ1v) is 12.1. The van der Waals surface area contributed by atoms with Crippen LogP contribution in [0.15, 0.2) is 78.9 Å². The van der Waals surface area contributed by atoms with Crippen LogP contribution in [0.5, 0.6) is 5.75 Å². The molecule has 7 heteroatoms. The second-order valence-electron chi connectivity index (χ2n) is 8.15. The number of carbonyl (C=O) groups excluding carboxylic acids is 2. The molecule has 0 aliphatic rings. The summed E-state index contributed by atoms with van der Waals surface area (Å²) in [5.74, 6) is -0.0599. The Morgan fingerprint density at radius 1 is 0.971 bits per heavy atom. The first kappa shape index (κ1) is 26.2. The highest BCUT2D eigenvalue weighted by Crippen LogP contribution is 2.18. The molecule has 3 aromatic rings. The van der Waals surface area contributed by atoms with Gasteiger partial charge in [-0.25, -0.2) is 4.39 Å². The SMILES string of the molecule is CCNC(=O)[C@@H](Cc1ccccc1)N(Cc1ccc(F)cc1)C(=O)CCCOc1ccc(Cl)cc1. The fraction of sp³-hybridized carbons (Fsp3) is 0.286. The van der Waals surface area contributed by atoms with Crippen LogP contribution in [0.4, 0.5) is 4.39 Å². The summed E-state index contributed by atoms with van der Waals surface area (Å²) in [6.07, 6.45) is 1.06. The van der Waals surface area contributed by atoms with Crippen LogP contribution in [0.3, 0.4) is 0 Å². The molecule has 35 heavy (non-hydrogen) atoms. The molecule has 0 spiro atoms. The quantitative estimate of drug-likeness (QED) is 0.341. The Labute approximate surface area is 210 Å². The summed E-state index contributed by atoms with van der Waals surface area (Å²) in [7, 11) is 0. The van der Waals surface area contributed by atoms with Crippen LogP contribution in [-0.2, 0) is 22.6 Å². The highest BCUT2D eigenvalue weighted by molar-refractivity contribution is 6.30. The second-order valence-corrected chi connectivity index (χ2v) is 8.59. The summed E-state index contributed by atoms with van der Waals surface area (Å²) in [6.45, 7) is 2.85. The Hall–Kier alpha value is -3.38. The van der Waals surface area contributed by atoms with Gasteiger partial charge in [-0.1, -0.05) is 54.1 Å². The van der Waals surface area contributed by atoms with Crippen LogP contribution in [0.1, 0.15) is 30.9 Å². The lowest BCUT2D eigenvalue weighted by molar-refractivity contribution is -0.141. The van der Waals surface area contributed by atoms with E-state index in [0.29, 0.717) is 36.8 Å². The largest absolute Gasteiger partial charge is 0.494 e. The Kier molecular flexibility index (Phi) is 10.1. The minimum absolute atomic E-state index is 0.166. The van der Waals surface area contributed by atoms with E-state index in [1.807, 2.05) is 37.3 Å². The maximum absolute atomic E-state index is 13.5. The molecule has 1 atom stereocenters. The predicted molar refractivity (Wildman–Crippen MR) is 136 cm³/mol. The molecule has 0 aliphatic heterocycles. The van der Waals surface area contributed by atoms with Gasteiger partial charge in [0.05, 0.1) is 6.61 Å². The topological polar surface area (TPSA) is 58.6 Å². The first-order valence-electron chi connectivity index (χ1n) is 11.7. The van der Waals surface area contributed by atoms with Gasteiger partial charge in [0.2, 0.25) is 11.8 Å². The Balaban J connectivity index is 1.75. The van der Waals surface area contributed by atoms with Gasteiger partial charge in [0.1, 0.15) is 17.6 Å². The molecule has 2 amide bonds. The summed E-state index contributed by atoms with van der Waals surface area (Å²) in [6, 6.07) is 21.9. The number of ether oxygens (including phenoxy) is 1. The van der Waals surface area contributed by atoms with Crippen molar-refractivity contribution in [3.63, 3.8) is 0 Å². The number of hydrogen-bond donors (Lipinski definition) is 1. The summed E-state index contributed by atoms with van der Waals surface area (Å²) < 4.78 is 19.2. The number of likely N-dealkylation sites (N-methyl/N-ethyl adjacent to an activating group) is 1. The minimum atomic E-state index is -0.702. The van der Waals surface area contributed by atoms with Gasteiger partial charge in [0.25, 0.3) is 0 Å². The number of nitrogens with one attached hydrogen (secondary N) is 1. The average Bonchev–Trinajstić information content (AvgIpc) is 2.87. The summed E-state index contributed by atoms with van der Waals surface area (Å²) in [5.41, 5.74) is 1.70. The van der Waals surface area contributed by atoms with Crippen LogP contribution in [-0.4, -0.2) is 35.9 Å². The van der Waals surface area contributed by atoms with Crippen molar-refractivity contribution in [2.24, 2.45) is 0 Å². The van der Waals surface area contributed by atoms with E-state index in [4.69, 9.17) is 16.3 Å². The fourth-order valence-corrected chi connectivity index (χ4v) is 3.85. The first-order chi connectivity index (χ1) is 17.0. The summed E-state index contributed by atoms with van der Waals surface area (Å²) >= 11 is 5.90. The molecule has 1 N–H and O–H groups in total. The molecule has 3 rings (SSSR count). The van der Waals surface area contributed by atoms with Crippen molar-refractivity contribution < 1.29 is 18.7 Å². The van der Waals surface area contributed by atoms with Crippen molar-refractivity contribution in [1.29, 1.82) is 0 Å². The van der Waals surface area contributed by atoms with Crippen LogP contribution in [0.25, 0.3) is 0 Å². The molecule has 0 aromatic heterocycles. The monoisotopic (exact) mass is 496 g/mol. The molecule has 0 radical (unpaired) electrons. The van der Waals surface area contributed by atoms with Gasteiger partial charge >= 0.3 is 0 Å². The molecule has 0 aliphatic carbocycles. The number of carbonyl (C=O) groups is 2. The van der Waals surface area contributed by atoms with Crippen LogP contribution in [0, 0.1) is 5.82 Å². The lowest BCUT2D eigenvalue weighted by atomic mass is 10.0. The maximum Gasteiger partial charge on any atom is 0.243 e. The van der Waals surface area contributed by atoms with Crippen molar-refractivity contribution >= 4 is 23.4 Å². The molecular formula is C28H30ClFN2O3. The van der Waals surface area contributed by atoms with E-state index < -0.39 is 6.04 Å².